The van der Waals surface area contributed by atoms with Crippen molar-refractivity contribution < 1.29 is 0 Å². The fraction of sp³-hybridized carbons (Fsp3) is 0.364. The highest BCUT2D eigenvalue weighted by Crippen LogP contribution is 1.97. The van der Waals surface area contributed by atoms with Crippen LogP contribution in [0, 0.1) is 0 Å². The summed E-state index contributed by atoms with van der Waals surface area (Å²) in [7, 11) is 0. The minimum absolute atomic E-state index is 0.779. The van der Waals surface area contributed by atoms with E-state index in [0.717, 1.165) is 12.4 Å². The number of aliphatic imine (C=N–C) groups is 1. The predicted octanol–water partition coefficient (Wildman–Crippen LogP) is 2.96. The SMILES string of the molecule is C=CN(/C=C\C)C(/C=C\C)=N\CC. The molecule has 0 spiro atoms. The second-order valence-electron chi connectivity index (χ2n) is 2.40. The van der Waals surface area contributed by atoms with Crippen molar-refractivity contribution >= 4 is 5.84 Å². The van der Waals surface area contributed by atoms with Crippen molar-refractivity contribution in [2.75, 3.05) is 6.54 Å². The third-order valence-corrected chi connectivity index (χ3v) is 1.41. The highest BCUT2D eigenvalue weighted by atomic mass is 15.1. The predicted molar refractivity (Wildman–Crippen MR) is 59.6 cm³/mol. The molecule has 0 aromatic heterocycles. The Balaban J connectivity index is 4.68. The van der Waals surface area contributed by atoms with Gasteiger partial charge in [0.2, 0.25) is 0 Å². The number of rotatable bonds is 4. The highest BCUT2D eigenvalue weighted by Gasteiger charge is 1.98. The quantitative estimate of drug-likeness (QED) is 0.477. The van der Waals surface area contributed by atoms with Crippen LogP contribution in [0.2, 0.25) is 0 Å². The van der Waals surface area contributed by atoms with Gasteiger partial charge in [-0.3, -0.25) is 4.99 Å². The molecule has 0 fully saturated rings. The van der Waals surface area contributed by atoms with E-state index in [1.165, 1.54) is 0 Å². The molecule has 0 saturated heterocycles. The number of nitrogens with zero attached hydrogens (tertiary/aromatic N) is 2. The lowest BCUT2D eigenvalue weighted by molar-refractivity contribution is 0.757. The van der Waals surface area contributed by atoms with Crippen LogP contribution in [0.15, 0.2) is 42.2 Å². The summed E-state index contributed by atoms with van der Waals surface area (Å²) in [5, 5.41) is 0. The van der Waals surface area contributed by atoms with Crippen LogP contribution in [0.3, 0.4) is 0 Å². The normalized spacial score (nSPS) is 12.7. The van der Waals surface area contributed by atoms with Gasteiger partial charge in [0, 0.05) is 18.9 Å². The molecule has 0 unspecified atom stereocenters. The van der Waals surface area contributed by atoms with Crippen molar-refractivity contribution in [3.05, 3.63) is 37.2 Å². The second-order valence-corrected chi connectivity index (χ2v) is 2.40. The maximum Gasteiger partial charge on any atom is 0.131 e. The summed E-state index contributed by atoms with van der Waals surface area (Å²) < 4.78 is 0. The molecule has 72 valence electrons. The molecule has 0 aromatic carbocycles. The summed E-state index contributed by atoms with van der Waals surface area (Å²) in [5.74, 6) is 0.915. The zero-order chi connectivity index (χ0) is 10.1. The van der Waals surface area contributed by atoms with Crippen molar-refractivity contribution in [2.24, 2.45) is 4.99 Å². The van der Waals surface area contributed by atoms with Crippen LogP contribution in [0.4, 0.5) is 0 Å². The monoisotopic (exact) mass is 178 g/mol. The van der Waals surface area contributed by atoms with E-state index in [-0.39, 0.29) is 0 Å². The first kappa shape index (κ1) is 11.7. The lowest BCUT2D eigenvalue weighted by atomic mass is 10.4. The summed E-state index contributed by atoms with van der Waals surface area (Å²) in [6.07, 6.45) is 9.56. The van der Waals surface area contributed by atoms with E-state index in [2.05, 4.69) is 11.6 Å². The molecular formula is C11H18N2. The molecule has 0 aromatic rings. The Morgan fingerprint density at radius 2 is 2.08 bits per heavy atom. The molecule has 0 bridgehead atoms. The number of amidine groups is 1. The van der Waals surface area contributed by atoms with Gasteiger partial charge in [-0.15, -0.1) is 0 Å². The van der Waals surface area contributed by atoms with E-state index < -0.39 is 0 Å². The standard InChI is InChI=1S/C11H18N2/c1-5-9-11(12-7-3)13(8-4)10-6-2/h5-6,8-10H,4,7H2,1-3H3/b9-5-,10-6-,12-11-. The van der Waals surface area contributed by atoms with Crippen molar-refractivity contribution in [3.8, 4) is 0 Å². The minimum Gasteiger partial charge on any atom is -0.310 e. The average Bonchev–Trinajstić information content (AvgIpc) is 2.14. The van der Waals surface area contributed by atoms with Crippen molar-refractivity contribution in [1.82, 2.24) is 4.90 Å². The number of hydrogen-bond acceptors (Lipinski definition) is 1. The van der Waals surface area contributed by atoms with E-state index in [0.29, 0.717) is 0 Å². The van der Waals surface area contributed by atoms with Crippen LogP contribution in [-0.2, 0) is 0 Å². The van der Waals surface area contributed by atoms with Crippen molar-refractivity contribution in [1.29, 1.82) is 0 Å². The summed E-state index contributed by atoms with van der Waals surface area (Å²) in [4.78, 5) is 6.23. The molecule has 2 heteroatoms. The zero-order valence-electron chi connectivity index (χ0n) is 8.70. The third-order valence-electron chi connectivity index (χ3n) is 1.41. The Bertz CT molecular complexity index is 224. The Morgan fingerprint density at radius 3 is 2.46 bits per heavy atom. The Kier molecular flexibility index (Phi) is 6.60. The lowest BCUT2D eigenvalue weighted by Crippen LogP contribution is -2.17. The maximum atomic E-state index is 4.34. The van der Waals surface area contributed by atoms with Gasteiger partial charge in [-0.2, -0.15) is 0 Å². The van der Waals surface area contributed by atoms with E-state index in [1.807, 2.05) is 50.1 Å². The van der Waals surface area contributed by atoms with E-state index in [1.54, 1.807) is 6.20 Å². The first-order valence-corrected chi connectivity index (χ1v) is 4.51. The maximum absolute atomic E-state index is 4.34. The molecule has 13 heavy (non-hydrogen) atoms. The van der Waals surface area contributed by atoms with Crippen LogP contribution in [0.1, 0.15) is 20.8 Å². The van der Waals surface area contributed by atoms with Crippen LogP contribution in [0.25, 0.3) is 0 Å². The molecular weight excluding hydrogens is 160 g/mol. The molecule has 0 N–H and O–H groups in total. The Morgan fingerprint density at radius 1 is 1.38 bits per heavy atom. The molecule has 0 heterocycles. The van der Waals surface area contributed by atoms with Gasteiger partial charge in [0.05, 0.1) is 0 Å². The van der Waals surface area contributed by atoms with Gasteiger partial charge in [0.15, 0.2) is 0 Å². The Hall–Kier alpha value is -1.31. The summed E-state index contributed by atoms with van der Waals surface area (Å²) in [5.41, 5.74) is 0. The van der Waals surface area contributed by atoms with Crippen molar-refractivity contribution in [2.45, 2.75) is 20.8 Å². The molecule has 0 saturated carbocycles. The molecule has 0 aliphatic rings. The van der Waals surface area contributed by atoms with Crippen LogP contribution >= 0.6 is 0 Å². The summed E-state index contributed by atoms with van der Waals surface area (Å²) in [6, 6.07) is 0. The van der Waals surface area contributed by atoms with E-state index in [4.69, 9.17) is 0 Å². The van der Waals surface area contributed by atoms with Crippen LogP contribution in [0.5, 0.6) is 0 Å². The van der Waals surface area contributed by atoms with Gasteiger partial charge in [0.25, 0.3) is 0 Å². The fourth-order valence-corrected chi connectivity index (χ4v) is 0.923. The third kappa shape index (κ3) is 4.31. The second kappa shape index (κ2) is 7.35. The van der Waals surface area contributed by atoms with E-state index in [9.17, 15) is 0 Å². The van der Waals surface area contributed by atoms with Gasteiger partial charge in [-0.1, -0.05) is 18.7 Å². The molecule has 0 atom stereocenters. The zero-order valence-corrected chi connectivity index (χ0v) is 8.70. The summed E-state index contributed by atoms with van der Waals surface area (Å²) in [6.45, 7) is 10.5. The number of hydrogen-bond donors (Lipinski definition) is 0. The minimum atomic E-state index is 0.779. The van der Waals surface area contributed by atoms with Gasteiger partial charge in [-0.25, -0.2) is 0 Å². The smallest absolute Gasteiger partial charge is 0.131 e. The molecule has 0 rings (SSSR count). The lowest BCUT2D eigenvalue weighted by Gasteiger charge is -2.14. The summed E-state index contributed by atoms with van der Waals surface area (Å²) >= 11 is 0. The van der Waals surface area contributed by atoms with Gasteiger partial charge >= 0.3 is 0 Å². The van der Waals surface area contributed by atoms with Gasteiger partial charge in [-0.05, 0) is 26.8 Å². The molecule has 2 nitrogen and oxygen atoms in total. The molecule has 0 radical (unpaired) electrons. The largest absolute Gasteiger partial charge is 0.310 e. The van der Waals surface area contributed by atoms with Gasteiger partial charge < -0.3 is 4.90 Å². The first-order chi connectivity index (χ1) is 6.29. The molecule has 0 aliphatic carbocycles. The van der Waals surface area contributed by atoms with Crippen LogP contribution < -0.4 is 0 Å². The molecule has 0 aliphatic heterocycles. The van der Waals surface area contributed by atoms with Gasteiger partial charge in [0.1, 0.15) is 5.84 Å². The average molecular weight is 178 g/mol. The van der Waals surface area contributed by atoms with E-state index >= 15 is 0 Å². The molecule has 0 amide bonds. The first-order valence-electron chi connectivity index (χ1n) is 4.51. The fourth-order valence-electron chi connectivity index (χ4n) is 0.923. The van der Waals surface area contributed by atoms with Crippen LogP contribution in [-0.4, -0.2) is 17.3 Å². The number of allylic oxidation sites excluding steroid dienone is 2. The van der Waals surface area contributed by atoms with Crippen molar-refractivity contribution in [3.63, 3.8) is 0 Å². The topological polar surface area (TPSA) is 15.6 Å². The highest BCUT2D eigenvalue weighted by molar-refractivity contribution is 5.94. The Labute approximate surface area is 81.0 Å².